The lowest BCUT2D eigenvalue weighted by molar-refractivity contribution is 0.373. The molecule has 2 heterocycles. The molecular weight excluding hydrogens is 576 g/mol. The molecule has 0 saturated heterocycles. The first-order chi connectivity index (χ1) is 20.8. The van der Waals surface area contributed by atoms with Crippen LogP contribution in [0.3, 0.4) is 0 Å². The van der Waals surface area contributed by atoms with E-state index in [9.17, 15) is 8.42 Å². The Morgan fingerprint density at radius 1 is 0.791 bits per heavy atom. The van der Waals surface area contributed by atoms with Crippen molar-refractivity contribution in [2.75, 3.05) is 39.9 Å². The zero-order chi connectivity index (χ0) is 30.6. The molecule has 0 radical (unpaired) electrons. The van der Waals surface area contributed by atoms with Gasteiger partial charge in [-0.25, -0.2) is 12.7 Å². The van der Waals surface area contributed by atoms with E-state index in [-0.39, 0.29) is 34.5 Å². The molecule has 0 aliphatic heterocycles. The molecule has 43 heavy (non-hydrogen) atoms. The minimum absolute atomic E-state index is 0.00910. The number of nitrogens with zero attached hydrogens (tertiary/aromatic N) is 3. The molecule has 3 aromatic carbocycles. The Balaban J connectivity index is 1.67. The first kappa shape index (κ1) is 29.3. The van der Waals surface area contributed by atoms with Crippen LogP contribution in [0.1, 0.15) is 5.56 Å². The highest BCUT2D eigenvalue weighted by Gasteiger charge is 2.35. The van der Waals surface area contributed by atoms with Crippen molar-refractivity contribution in [3.63, 3.8) is 0 Å². The van der Waals surface area contributed by atoms with Crippen LogP contribution >= 0.6 is 0 Å². The number of benzene rings is 3. The standard InChI is InChI=1S/C30H30N4O8S/c1-37-21-11-9-20(27(16-21)41-5)18-34(43(35,36)30-25(39-3)7-6-8-26(30)40-4)29-17-28(42-33-29)22-15-19(10-12-24(22)38-2)23-13-14-31-32-23/h6-17H,18H2,1-5H3,(H,31,32). The Hall–Kier alpha value is -5.17. The Bertz CT molecular complexity index is 1800. The smallest absolute Gasteiger partial charge is 0.273 e. The van der Waals surface area contributed by atoms with E-state index in [0.717, 1.165) is 15.6 Å². The highest BCUT2D eigenvalue weighted by molar-refractivity contribution is 7.93. The molecule has 224 valence electrons. The van der Waals surface area contributed by atoms with Crippen molar-refractivity contribution in [3.05, 3.63) is 78.5 Å². The van der Waals surface area contributed by atoms with E-state index in [1.807, 2.05) is 18.2 Å². The van der Waals surface area contributed by atoms with Crippen LogP contribution in [0.2, 0.25) is 0 Å². The summed E-state index contributed by atoms with van der Waals surface area (Å²) in [7, 11) is 2.96. The van der Waals surface area contributed by atoms with Gasteiger partial charge in [-0.15, -0.1) is 0 Å². The minimum atomic E-state index is -4.38. The van der Waals surface area contributed by atoms with Crippen molar-refractivity contribution in [2.24, 2.45) is 0 Å². The highest BCUT2D eigenvalue weighted by Crippen LogP contribution is 2.41. The Labute approximate surface area is 248 Å². The van der Waals surface area contributed by atoms with Crippen LogP contribution in [-0.4, -0.2) is 59.3 Å². The van der Waals surface area contributed by atoms with Crippen molar-refractivity contribution >= 4 is 15.8 Å². The van der Waals surface area contributed by atoms with Gasteiger partial charge in [0.2, 0.25) is 0 Å². The van der Waals surface area contributed by atoms with Gasteiger partial charge in [0.25, 0.3) is 10.0 Å². The first-order valence-electron chi connectivity index (χ1n) is 12.9. The van der Waals surface area contributed by atoms with Crippen molar-refractivity contribution in [1.82, 2.24) is 15.4 Å². The molecular formula is C30H30N4O8S. The summed E-state index contributed by atoms with van der Waals surface area (Å²) >= 11 is 0. The van der Waals surface area contributed by atoms with E-state index in [4.69, 9.17) is 28.2 Å². The molecule has 2 aromatic heterocycles. The number of rotatable bonds is 12. The maximum Gasteiger partial charge on any atom is 0.273 e. The number of sulfonamides is 1. The molecule has 0 aliphatic rings. The van der Waals surface area contributed by atoms with Gasteiger partial charge in [-0.1, -0.05) is 11.2 Å². The molecule has 1 N–H and O–H groups in total. The van der Waals surface area contributed by atoms with Crippen LogP contribution in [0.15, 0.2) is 82.3 Å². The summed E-state index contributed by atoms with van der Waals surface area (Å²) in [5.74, 6) is 1.96. The number of aromatic nitrogens is 3. The topological polar surface area (TPSA) is 138 Å². The molecule has 5 rings (SSSR count). The predicted molar refractivity (Wildman–Crippen MR) is 159 cm³/mol. The number of hydrogen-bond donors (Lipinski definition) is 1. The van der Waals surface area contributed by atoms with E-state index in [1.165, 1.54) is 41.6 Å². The largest absolute Gasteiger partial charge is 0.497 e. The molecule has 0 unspecified atom stereocenters. The summed E-state index contributed by atoms with van der Waals surface area (Å²) in [6, 6.07) is 18.7. The van der Waals surface area contributed by atoms with Crippen molar-refractivity contribution < 1.29 is 36.6 Å². The van der Waals surface area contributed by atoms with Crippen LogP contribution in [0.4, 0.5) is 5.82 Å². The lowest BCUT2D eigenvalue weighted by Gasteiger charge is -2.24. The van der Waals surface area contributed by atoms with Crippen molar-refractivity contribution in [1.29, 1.82) is 0 Å². The van der Waals surface area contributed by atoms with Gasteiger partial charge in [-0.3, -0.25) is 5.10 Å². The quantitative estimate of drug-likeness (QED) is 0.202. The van der Waals surface area contributed by atoms with Gasteiger partial charge >= 0.3 is 0 Å². The van der Waals surface area contributed by atoms with Crippen LogP contribution in [0.5, 0.6) is 28.7 Å². The minimum Gasteiger partial charge on any atom is -0.497 e. The number of anilines is 1. The summed E-state index contributed by atoms with van der Waals surface area (Å²) < 4.78 is 63.2. The van der Waals surface area contributed by atoms with Crippen LogP contribution in [-0.2, 0) is 16.6 Å². The van der Waals surface area contributed by atoms with Crippen molar-refractivity contribution in [2.45, 2.75) is 11.4 Å². The lowest BCUT2D eigenvalue weighted by atomic mass is 10.1. The van der Waals surface area contributed by atoms with Gasteiger partial charge < -0.3 is 28.2 Å². The Morgan fingerprint density at radius 2 is 1.51 bits per heavy atom. The zero-order valence-corrected chi connectivity index (χ0v) is 25.0. The second-order valence-corrected chi connectivity index (χ2v) is 10.9. The van der Waals surface area contributed by atoms with Gasteiger partial charge in [0, 0.05) is 29.5 Å². The van der Waals surface area contributed by atoms with Gasteiger partial charge in [-0.2, -0.15) is 5.10 Å². The van der Waals surface area contributed by atoms with Crippen LogP contribution < -0.4 is 28.0 Å². The average molecular weight is 607 g/mol. The SMILES string of the molecule is COc1ccc(CN(c2cc(-c3cc(-c4ccn[nH]4)ccc3OC)on2)S(=O)(=O)c2c(OC)cccc2OC)c(OC)c1. The van der Waals surface area contributed by atoms with E-state index >= 15 is 0 Å². The first-order valence-corrected chi connectivity index (χ1v) is 14.4. The maximum atomic E-state index is 14.5. The van der Waals surface area contributed by atoms with Crippen LogP contribution in [0, 0.1) is 0 Å². The summed E-state index contributed by atoms with van der Waals surface area (Å²) in [5, 5.41) is 11.1. The molecule has 0 bridgehead atoms. The molecule has 0 atom stereocenters. The molecule has 0 fully saturated rings. The summed E-state index contributed by atoms with van der Waals surface area (Å²) in [5.41, 5.74) is 2.70. The second kappa shape index (κ2) is 12.4. The highest BCUT2D eigenvalue weighted by atomic mass is 32.2. The van der Waals surface area contributed by atoms with E-state index in [2.05, 4.69) is 15.4 Å². The number of aromatic amines is 1. The third-order valence-electron chi connectivity index (χ3n) is 6.77. The third kappa shape index (κ3) is 5.66. The van der Waals surface area contributed by atoms with Gasteiger partial charge in [0.1, 0.15) is 28.7 Å². The van der Waals surface area contributed by atoms with E-state index < -0.39 is 10.0 Å². The fraction of sp³-hybridized carbons (Fsp3) is 0.200. The molecule has 0 spiro atoms. The average Bonchev–Trinajstić information content (AvgIpc) is 3.76. The number of H-pyrrole nitrogens is 1. The number of nitrogens with one attached hydrogen (secondary N) is 1. The van der Waals surface area contributed by atoms with Gasteiger partial charge in [-0.05, 0) is 48.5 Å². The third-order valence-corrected chi connectivity index (χ3v) is 8.58. The Morgan fingerprint density at radius 3 is 2.14 bits per heavy atom. The summed E-state index contributed by atoms with van der Waals surface area (Å²) in [6.07, 6.45) is 1.65. The molecule has 5 aromatic rings. The number of ether oxygens (including phenoxy) is 5. The molecule has 0 saturated carbocycles. The van der Waals surface area contributed by atoms with E-state index in [1.54, 1.807) is 48.7 Å². The second-order valence-electron chi connectivity index (χ2n) is 9.12. The fourth-order valence-electron chi connectivity index (χ4n) is 4.60. The fourth-order valence-corrected chi connectivity index (χ4v) is 6.28. The summed E-state index contributed by atoms with van der Waals surface area (Å²) in [6.45, 7) is -0.173. The lowest BCUT2D eigenvalue weighted by Crippen LogP contribution is -2.31. The molecule has 0 amide bonds. The molecule has 0 aliphatic carbocycles. The molecule has 12 nitrogen and oxygen atoms in total. The predicted octanol–water partition coefficient (Wildman–Crippen LogP) is 5.17. The van der Waals surface area contributed by atoms with Crippen LogP contribution in [0.25, 0.3) is 22.6 Å². The monoisotopic (exact) mass is 606 g/mol. The molecule has 13 heteroatoms. The number of methoxy groups -OCH3 is 5. The summed E-state index contributed by atoms with van der Waals surface area (Å²) in [4.78, 5) is -0.171. The van der Waals surface area contributed by atoms with Gasteiger partial charge in [0.15, 0.2) is 16.5 Å². The van der Waals surface area contributed by atoms with Gasteiger partial charge in [0.05, 0.1) is 53.4 Å². The van der Waals surface area contributed by atoms with Crippen molar-refractivity contribution in [3.8, 4) is 51.3 Å². The maximum absolute atomic E-state index is 14.5. The zero-order valence-electron chi connectivity index (χ0n) is 24.2. The Kier molecular flexibility index (Phi) is 8.44. The number of hydrogen-bond acceptors (Lipinski definition) is 10. The normalized spacial score (nSPS) is 11.2. The van der Waals surface area contributed by atoms with E-state index in [0.29, 0.717) is 28.4 Å².